The smallest absolute Gasteiger partial charge is 0.258 e. The van der Waals surface area contributed by atoms with E-state index in [0.29, 0.717) is 15.8 Å². The second-order valence-electron chi connectivity index (χ2n) is 5.44. The Labute approximate surface area is 133 Å². The quantitative estimate of drug-likeness (QED) is 0.869. The highest BCUT2D eigenvalue weighted by atomic mass is 35.5. The predicted molar refractivity (Wildman–Crippen MR) is 82.9 cm³/mol. The second kappa shape index (κ2) is 7.52. The molecule has 2 N–H and O–H groups in total. The Morgan fingerprint density at radius 2 is 1.86 bits per heavy atom. The Morgan fingerprint density at radius 3 is 2.43 bits per heavy atom. The molecule has 0 saturated heterocycles. The number of halogens is 2. The van der Waals surface area contributed by atoms with Crippen LogP contribution in [0.5, 0.6) is 5.75 Å². The number of hydrogen-bond acceptors (Lipinski definition) is 3. The molecule has 21 heavy (non-hydrogen) atoms. The van der Waals surface area contributed by atoms with Crippen LogP contribution in [0.2, 0.25) is 10.0 Å². The fraction of sp³-hybridized carbons (Fsp3) is 0.429. The van der Waals surface area contributed by atoms with Crippen molar-refractivity contribution in [1.29, 1.82) is 0 Å². The van der Waals surface area contributed by atoms with E-state index in [1.165, 1.54) is 6.07 Å². The summed E-state index contributed by atoms with van der Waals surface area (Å²) in [7, 11) is 0. The number of rotatable bonds is 5. The van der Waals surface area contributed by atoms with E-state index in [2.05, 4.69) is 10.6 Å². The summed E-state index contributed by atoms with van der Waals surface area (Å²) in [4.78, 5) is 23.1. The lowest BCUT2D eigenvalue weighted by atomic mass is 10.1. The lowest BCUT2D eigenvalue weighted by Gasteiger charge is -2.20. The van der Waals surface area contributed by atoms with E-state index in [0.717, 1.165) is 0 Å². The maximum Gasteiger partial charge on any atom is 0.258 e. The third-order valence-corrected chi connectivity index (χ3v) is 2.74. The first-order valence-corrected chi connectivity index (χ1v) is 7.08. The van der Waals surface area contributed by atoms with E-state index in [4.69, 9.17) is 27.9 Å². The Bertz CT molecular complexity index is 527. The SMILES string of the molecule is CC(C)(C)NC(=O)CNC(=O)COc1ccc(Cl)cc1Cl. The molecule has 7 heteroatoms. The molecule has 0 atom stereocenters. The van der Waals surface area contributed by atoms with Gasteiger partial charge in [-0.25, -0.2) is 0 Å². The molecule has 2 amide bonds. The fourth-order valence-corrected chi connectivity index (χ4v) is 1.89. The highest BCUT2D eigenvalue weighted by Gasteiger charge is 2.14. The van der Waals surface area contributed by atoms with Crippen molar-refractivity contribution in [3.63, 3.8) is 0 Å². The van der Waals surface area contributed by atoms with Crippen molar-refractivity contribution in [2.45, 2.75) is 26.3 Å². The summed E-state index contributed by atoms with van der Waals surface area (Å²) < 4.78 is 5.25. The minimum absolute atomic E-state index is 0.103. The molecule has 0 aromatic heterocycles. The molecule has 0 radical (unpaired) electrons. The van der Waals surface area contributed by atoms with Gasteiger partial charge in [0, 0.05) is 10.6 Å². The summed E-state index contributed by atoms with van der Waals surface area (Å²) in [6, 6.07) is 4.70. The van der Waals surface area contributed by atoms with Crippen molar-refractivity contribution in [2.75, 3.05) is 13.2 Å². The molecule has 1 aromatic rings. The molecule has 0 bridgehead atoms. The van der Waals surface area contributed by atoms with Crippen LogP contribution in [0.4, 0.5) is 0 Å². The lowest BCUT2D eigenvalue weighted by Crippen LogP contribution is -2.46. The Morgan fingerprint density at radius 1 is 1.19 bits per heavy atom. The molecule has 0 aliphatic heterocycles. The van der Waals surface area contributed by atoms with Gasteiger partial charge in [-0.15, -0.1) is 0 Å². The summed E-state index contributed by atoms with van der Waals surface area (Å²) in [5, 5.41) is 6.00. The molecule has 0 saturated carbocycles. The van der Waals surface area contributed by atoms with Crippen LogP contribution in [0, 0.1) is 0 Å². The number of nitrogens with one attached hydrogen (secondary N) is 2. The third kappa shape index (κ3) is 7.20. The Kier molecular flexibility index (Phi) is 6.30. The van der Waals surface area contributed by atoms with Crippen molar-refractivity contribution in [2.24, 2.45) is 0 Å². The standard InChI is InChI=1S/C14H18Cl2N2O3/c1-14(2,3)18-12(19)7-17-13(20)8-21-11-5-4-9(15)6-10(11)16/h4-6H,7-8H2,1-3H3,(H,17,20)(H,18,19). The highest BCUT2D eigenvalue weighted by Crippen LogP contribution is 2.27. The first-order valence-electron chi connectivity index (χ1n) is 6.33. The van der Waals surface area contributed by atoms with Crippen LogP contribution in [0.3, 0.4) is 0 Å². The number of carbonyl (C=O) groups excluding carboxylic acids is 2. The number of benzene rings is 1. The fourth-order valence-electron chi connectivity index (χ4n) is 1.43. The maximum atomic E-state index is 11.6. The molecular formula is C14H18Cl2N2O3. The molecule has 0 aliphatic carbocycles. The van der Waals surface area contributed by atoms with Crippen LogP contribution < -0.4 is 15.4 Å². The van der Waals surface area contributed by atoms with E-state index in [1.54, 1.807) is 12.1 Å². The first-order chi connectivity index (χ1) is 9.67. The molecule has 0 aliphatic rings. The van der Waals surface area contributed by atoms with Crippen LogP contribution in [0.1, 0.15) is 20.8 Å². The zero-order chi connectivity index (χ0) is 16.0. The Hall–Kier alpha value is -1.46. The average molecular weight is 333 g/mol. The summed E-state index contributed by atoms with van der Waals surface area (Å²) >= 11 is 11.7. The van der Waals surface area contributed by atoms with Crippen LogP contribution >= 0.6 is 23.2 Å². The van der Waals surface area contributed by atoms with Crippen LogP contribution in [0.15, 0.2) is 18.2 Å². The zero-order valence-electron chi connectivity index (χ0n) is 12.1. The monoisotopic (exact) mass is 332 g/mol. The second-order valence-corrected chi connectivity index (χ2v) is 6.28. The van der Waals surface area contributed by atoms with Gasteiger partial charge in [0.25, 0.3) is 5.91 Å². The lowest BCUT2D eigenvalue weighted by molar-refractivity contribution is -0.127. The summed E-state index contributed by atoms with van der Waals surface area (Å²) in [6.07, 6.45) is 0. The number of hydrogen-bond donors (Lipinski definition) is 2. The van der Waals surface area contributed by atoms with Gasteiger partial charge in [-0.3, -0.25) is 9.59 Å². The minimum atomic E-state index is -0.412. The van der Waals surface area contributed by atoms with Gasteiger partial charge in [-0.05, 0) is 39.0 Å². The van der Waals surface area contributed by atoms with Gasteiger partial charge >= 0.3 is 0 Å². The number of carbonyl (C=O) groups is 2. The molecule has 1 rings (SSSR count). The third-order valence-electron chi connectivity index (χ3n) is 2.21. The summed E-state index contributed by atoms with van der Waals surface area (Å²) in [6.45, 7) is 5.24. The zero-order valence-corrected chi connectivity index (χ0v) is 13.6. The average Bonchev–Trinajstić information content (AvgIpc) is 2.33. The van der Waals surface area contributed by atoms with Gasteiger partial charge in [0.2, 0.25) is 5.91 Å². The topological polar surface area (TPSA) is 67.4 Å². The van der Waals surface area contributed by atoms with Crippen molar-refractivity contribution in [1.82, 2.24) is 10.6 Å². The van der Waals surface area contributed by atoms with E-state index >= 15 is 0 Å². The molecule has 0 heterocycles. The molecule has 1 aromatic carbocycles. The largest absolute Gasteiger partial charge is 0.482 e. The minimum Gasteiger partial charge on any atom is -0.482 e. The summed E-state index contributed by atoms with van der Waals surface area (Å²) in [5.74, 6) is -0.319. The van der Waals surface area contributed by atoms with Gasteiger partial charge in [0.15, 0.2) is 6.61 Å². The van der Waals surface area contributed by atoms with Crippen molar-refractivity contribution >= 4 is 35.0 Å². The van der Waals surface area contributed by atoms with Gasteiger partial charge < -0.3 is 15.4 Å². The van der Waals surface area contributed by atoms with E-state index in [9.17, 15) is 9.59 Å². The first kappa shape index (κ1) is 17.6. The van der Waals surface area contributed by atoms with Crippen LogP contribution in [-0.2, 0) is 9.59 Å². The van der Waals surface area contributed by atoms with Gasteiger partial charge in [0.1, 0.15) is 5.75 Å². The van der Waals surface area contributed by atoms with E-state index in [1.807, 2.05) is 20.8 Å². The molecular weight excluding hydrogens is 315 g/mol. The highest BCUT2D eigenvalue weighted by molar-refractivity contribution is 6.35. The Balaban J connectivity index is 2.36. The summed E-state index contributed by atoms with van der Waals surface area (Å²) in [5.41, 5.74) is -0.338. The van der Waals surface area contributed by atoms with E-state index in [-0.39, 0.29) is 24.6 Å². The molecule has 0 spiro atoms. The van der Waals surface area contributed by atoms with Gasteiger partial charge in [-0.2, -0.15) is 0 Å². The van der Waals surface area contributed by atoms with Gasteiger partial charge in [-0.1, -0.05) is 23.2 Å². The molecule has 0 fully saturated rings. The molecule has 0 unspecified atom stereocenters. The number of ether oxygens (including phenoxy) is 1. The predicted octanol–water partition coefficient (Wildman–Crippen LogP) is 2.40. The van der Waals surface area contributed by atoms with Gasteiger partial charge in [0.05, 0.1) is 11.6 Å². The normalized spacial score (nSPS) is 10.9. The maximum absolute atomic E-state index is 11.6. The van der Waals surface area contributed by atoms with E-state index < -0.39 is 5.91 Å². The molecule has 5 nitrogen and oxygen atoms in total. The van der Waals surface area contributed by atoms with Crippen molar-refractivity contribution in [3.8, 4) is 5.75 Å². The van der Waals surface area contributed by atoms with Crippen molar-refractivity contribution in [3.05, 3.63) is 28.2 Å². The van der Waals surface area contributed by atoms with Crippen LogP contribution in [0.25, 0.3) is 0 Å². The number of amides is 2. The van der Waals surface area contributed by atoms with Crippen molar-refractivity contribution < 1.29 is 14.3 Å². The van der Waals surface area contributed by atoms with Crippen LogP contribution in [-0.4, -0.2) is 30.5 Å². The molecule has 116 valence electrons.